The zero-order valence-electron chi connectivity index (χ0n) is 14.7. The second-order valence-corrected chi connectivity index (χ2v) is 10.7. The van der Waals surface area contributed by atoms with Crippen molar-refractivity contribution in [2.75, 3.05) is 0 Å². The Labute approximate surface area is 173 Å². The van der Waals surface area contributed by atoms with Crippen LogP contribution in [0.15, 0.2) is 51.1 Å². The van der Waals surface area contributed by atoms with Crippen molar-refractivity contribution in [3.05, 3.63) is 46.5 Å². The lowest BCUT2D eigenvalue weighted by molar-refractivity contribution is -0.383. The number of non-ortho nitro benzene ring substituents is 1. The van der Waals surface area contributed by atoms with Crippen molar-refractivity contribution in [1.29, 1.82) is 0 Å². The van der Waals surface area contributed by atoms with Crippen molar-refractivity contribution >= 4 is 68.4 Å². The minimum absolute atomic E-state index is 0.195. The third kappa shape index (κ3) is 3.18. The van der Waals surface area contributed by atoms with Gasteiger partial charge in [0.15, 0.2) is 0 Å². The van der Waals surface area contributed by atoms with Gasteiger partial charge in [0, 0.05) is 33.0 Å². The van der Waals surface area contributed by atoms with Crippen LogP contribution in [0.25, 0.3) is 32.3 Å². The molecule has 0 unspecified atom stereocenters. The quantitative estimate of drug-likeness (QED) is 0.165. The minimum atomic E-state index is -5.05. The molecule has 0 radical (unpaired) electrons. The van der Waals surface area contributed by atoms with Gasteiger partial charge in [-0.25, -0.2) is 0 Å². The minimum Gasteiger partial charge on any atom is -0.282 e. The Balaban J connectivity index is 2.49. The Kier molecular flexibility index (Phi) is 4.31. The van der Waals surface area contributed by atoms with Gasteiger partial charge in [0.1, 0.15) is 14.7 Å². The van der Waals surface area contributed by atoms with Gasteiger partial charge in [0.05, 0.1) is 10.3 Å². The van der Waals surface area contributed by atoms with Crippen molar-refractivity contribution in [3.8, 4) is 0 Å². The SMILES string of the molecule is O=[N+]([O-])c1cc(S(=O)(=O)O)c2ccc3c(S(=O)(=O)O)cc(S(=O)(=O)O)c4ccc1c2c43. The highest BCUT2D eigenvalue weighted by Crippen LogP contribution is 2.44. The summed E-state index contributed by atoms with van der Waals surface area (Å²) in [6.07, 6.45) is 0. The smallest absolute Gasteiger partial charge is 0.282 e. The molecule has 0 bridgehead atoms. The monoisotopic (exact) mass is 487 g/mol. The van der Waals surface area contributed by atoms with Crippen LogP contribution in [0.3, 0.4) is 0 Å². The standard InChI is InChI=1S/C16H9NO11S3/c18-17(19)11-5-12(29(20,21)22)8-3-4-10-14(31(26,27)28)6-13(30(23,24)25)9-2-1-7(11)15(8)16(9)10/h1-6H,(H,20,21,22)(H,23,24,25)(H,26,27,28). The first-order valence-corrected chi connectivity index (χ1v) is 12.3. The van der Waals surface area contributed by atoms with Crippen LogP contribution in [0.4, 0.5) is 5.69 Å². The molecule has 0 aliphatic heterocycles. The number of hydrogen-bond donors (Lipinski definition) is 3. The van der Waals surface area contributed by atoms with Gasteiger partial charge < -0.3 is 0 Å². The lowest BCUT2D eigenvalue weighted by Gasteiger charge is -2.16. The molecule has 0 atom stereocenters. The van der Waals surface area contributed by atoms with E-state index in [4.69, 9.17) is 0 Å². The Morgan fingerprint density at radius 3 is 1.29 bits per heavy atom. The summed E-state index contributed by atoms with van der Waals surface area (Å²) < 4.78 is 100. The molecule has 0 amide bonds. The van der Waals surface area contributed by atoms with Crippen molar-refractivity contribution in [2.24, 2.45) is 0 Å². The Morgan fingerprint density at radius 2 is 0.935 bits per heavy atom. The normalized spacial score (nSPS) is 13.4. The highest BCUT2D eigenvalue weighted by molar-refractivity contribution is 7.87. The van der Waals surface area contributed by atoms with Crippen molar-refractivity contribution in [1.82, 2.24) is 0 Å². The predicted octanol–water partition coefficient (Wildman–Crippen LogP) is 2.23. The second-order valence-electron chi connectivity index (χ2n) is 6.52. The van der Waals surface area contributed by atoms with E-state index in [0.29, 0.717) is 12.1 Å². The number of nitro groups is 1. The summed E-state index contributed by atoms with van der Waals surface area (Å²) in [6.45, 7) is 0. The third-order valence-corrected chi connectivity index (χ3v) is 7.47. The molecule has 15 heteroatoms. The molecule has 0 saturated heterocycles. The fraction of sp³-hybridized carbons (Fsp3) is 0. The van der Waals surface area contributed by atoms with E-state index in [0.717, 1.165) is 24.3 Å². The fourth-order valence-electron chi connectivity index (χ4n) is 3.67. The average molecular weight is 487 g/mol. The number of hydrogen-bond acceptors (Lipinski definition) is 8. The second kappa shape index (κ2) is 6.28. The van der Waals surface area contributed by atoms with Crippen LogP contribution < -0.4 is 0 Å². The van der Waals surface area contributed by atoms with Gasteiger partial charge in [-0.15, -0.1) is 0 Å². The van der Waals surface area contributed by atoms with Gasteiger partial charge in [-0.05, 0) is 12.1 Å². The lowest BCUT2D eigenvalue weighted by atomic mass is 9.93. The maximum Gasteiger partial charge on any atom is 0.295 e. The van der Waals surface area contributed by atoms with Crippen LogP contribution in [0, 0.1) is 10.1 Å². The summed E-state index contributed by atoms with van der Waals surface area (Å²) in [5, 5.41) is 9.96. The topological polar surface area (TPSA) is 206 Å². The number of nitro benzene ring substituents is 1. The summed E-state index contributed by atoms with van der Waals surface area (Å²) in [4.78, 5) is 7.87. The molecule has 0 saturated carbocycles. The highest BCUT2D eigenvalue weighted by Gasteiger charge is 2.29. The van der Waals surface area contributed by atoms with Crippen LogP contribution in [-0.2, 0) is 30.4 Å². The molecular weight excluding hydrogens is 478 g/mol. The van der Waals surface area contributed by atoms with Crippen LogP contribution in [-0.4, -0.2) is 43.8 Å². The number of benzene rings is 4. The molecule has 0 heterocycles. The molecular formula is C16H9NO11S3. The molecule has 4 aromatic rings. The zero-order valence-corrected chi connectivity index (χ0v) is 17.2. The van der Waals surface area contributed by atoms with Crippen molar-refractivity contribution < 1.29 is 43.8 Å². The Hall–Kier alpha value is -2.95. The van der Waals surface area contributed by atoms with Gasteiger partial charge >= 0.3 is 0 Å². The van der Waals surface area contributed by atoms with Crippen LogP contribution in [0.1, 0.15) is 0 Å². The largest absolute Gasteiger partial charge is 0.295 e. The summed E-state index contributed by atoms with van der Waals surface area (Å²) in [5.74, 6) is 0. The van der Waals surface area contributed by atoms with Crippen LogP contribution in [0.2, 0.25) is 0 Å². The van der Waals surface area contributed by atoms with Crippen LogP contribution >= 0.6 is 0 Å². The molecule has 3 N–H and O–H groups in total. The first-order valence-electron chi connectivity index (χ1n) is 7.97. The van der Waals surface area contributed by atoms with Gasteiger partial charge in [-0.3, -0.25) is 23.8 Å². The molecule has 4 rings (SSSR count). The predicted molar refractivity (Wildman–Crippen MR) is 106 cm³/mol. The molecule has 0 aliphatic carbocycles. The van der Waals surface area contributed by atoms with E-state index < -0.39 is 55.7 Å². The summed E-state index contributed by atoms with van der Waals surface area (Å²) >= 11 is 0. The van der Waals surface area contributed by atoms with E-state index in [-0.39, 0.29) is 32.3 Å². The molecule has 0 spiro atoms. The van der Waals surface area contributed by atoms with Crippen LogP contribution in [0.5, 0.6) is 0 Å². The first kappa shape index (κ1) is 21.3. The molecule has 31 heavy (non-hydrogen) atoms. The van der Waals surface area contributed by atoms with Gasteiger partial charge in [0.25, 0.3) is 36.0 Å². The molecule has 0 aliphatic rings. The first-order chi connectivity index (χ1) is 14.1. The molecule has 0 aromatic heterocycles. The van der Waals surface area contributed by atoms with E-state index in [9.17, 15) is 49.0 Å². The van der Waals surface area contributed by atoms with Gasteiger partial charge in [0.2, 0.25) is 0 Å². The van der Waals surface area contributed by atoms with Crippen molar-refractivity contribution in [3.63, 3.8) is 0 Å². The maximum absolute atomic E-state index is 11.9. The third-order valence-electron chi connectivity index (χ3n) is 4.79. The van der Waals surface area contributed by atoms with E-state index in [1.165, 1.54) is 0 Å². The van der Waals surface area contributed by atoms with E-state index in [1.807, 2.05) is 0 Å². The average Bonchev–Trinajstić information content (AvgIpc) is 2.62. The molecule has 4 aromatic carbocycles. The zero-order chi connectivity index (χ0) is 23.1. The maximum atomic E-state index is 11.9. The van der Waals surface area contributed by atoms with E-state index in [2.05, 4.69) is 0 Å². The Bertz CT molecular complexity index is 1720. The van der Waals surface area contributed by atoms with E-state index >= 15 is 0 Å². The summed E-state index contributed by atoms with van der Waals surface area (Å²) in [6, 6.07) is 5.40. The highest BCUT2D eigenvalue weighted by atomic mass is 32.2. The van der Waals surface area contributed by atoms with E-state index in [1.54, 1.807) is 0 Å². The van der Waals surface area contributed by atoms with Gasteiger partial charge in [-0.2, -0.15) is 25.3 Å². The summed E-state index contributed by atoms with van der Waals surface area (Å²) in [7, 11) is -15.1. The number of rotatable bonds is 4. The number of nitrogens with zero attached hydrogens (tertiary/aromatic N) is 1. The fourth-order valence-corrected chi connectivity index (χ4v) is 5.88. The Morgan fingerprint density at radius 1 is 0.613 bits per heavy atom. The summed E-state index contributed by atoms with van der Waals surface area (Å²) in [5.41, 5.74) is -0.764. The lowest BCUT2D eigenvalue weighted by Crippen LogP contribution is -2.07. The molecule has 0 fully saturated rings. The molecule has 162 valence electrons. The van der Waals surface area contributed by atoms with Gasteiger partial charge in [-0.1, -0.05) is 18.2 Å². The van der Waals surface area contributed by atoms with Crippen molar-refractivity contribution in [2.45, 2.75) is 14.7 Å². The molecule has 12 nitrogen and oxygen atoms in total.